The third kappa shape index (κ3) is 13.9. The minimum Gasteiger partial charge on any atom is -0.374 e. The van der Waals surface area contributed by atoms with Gasteiger partial charge in [0.2, 0.25) is 29.5 Å². The lowest BCUT2D eigenvalue weighted by Gasteiger charge is -2.26. The zero-order chi connectivity index (χ0) is 33.4. The van der Waals surface area contributed by atoms with Crippen molar-refractivity contribution in [3.63, 3.8) is 0 Å². The number of nitrogens with two attached hydrogens (primary N) is 1. The molecule has 5 amide bonds. The number of nitrogens with one attached hydrogen (secondary N) is 4. The lowest BCUT2D eigenvalue weighted by Crippen LogP contribution is -2.59. The molecule has 0 spiro atoms. The fourth-order valence-electron chi connectivity index (χ4n) is 4.42. The van der Waals surface area contributed by atoms with Crippen LogP contribution in [-0.4, -0.2) is 72.0 Å². The molecule has 0 radical (unpaired) electrons. The van der Waals surface area contributed by atoms with E-state index >= 15 is 0 Å². The number of hydrogen-bond acceptors (Lipinski definition) is 7. The fourth-order valence-corrected chi connectivity index (χ4v) is 4.60. The van der Waals surface area contributed by atoms with Crippen molar-refractivity contribution in [3.8, 4) is 0 Å². The summed E-state index contributed by atoms with van der Waals surface area (Å²) in [6.07, 6.45) is -0.255. The number of primary amides is 1. The summed E-state index contributed by atoms with van der Waals surface area (Å²) in [4.78, 5) is 76.2. The highest BCUT2D eigenvalue weighted by molar-refractivity contribution is 6.28. The molecular weight excluding hydrogens is 602 g/mol. The van der Waals surface area contributed by atoms with E-state index in [2.05, 4.69) is 21.3 Å². The minimum absolute atomic E-state index is 0.0744. The average Bonchev–Trinajstić information content (AvgIpc) is 2.99. The number of halogens is 1. The molecule has 2 aromatic carbocycles. The molecule has 0 aliphatic carbocycles. The molecule has 0 unspecified atom stereocenters. The topological polar surface area (TPSA) is 186 Å². The van der Waals surface area contributed by atoms with E-state index in [0.29, 0.717) is 0 Å². The Bertz CT molecular complexity index is 1290. The Balaban J connectivity index is 2.17. The van der Waals surface area contributed by atoms with E-state index in [1.165, 1.54) is 6.92 Å². The zero-order valence-corrected chi connectivity index (χ0v) is 26.5. The summed E-state index contributed by atoms with van der Waals surface area (Å²) < 4.78 is 5.66. The molecule has 6 N–H and O–H groups in total. The molecule has 45 heavy (non-hydrogen) atoms. The Labute approximate surface area is 268 Å². The monoisotopic (exact) mass is 643 g/mol. The number of carbonyl (C=O) groups is 6. The van der Waals surface area contributed by atoms with Gasteiger partial charge in [0.15, 0.2) is 5.78 Å². The second-order valence-electron chi connectivity index (χ2n) is 11.0. The van der Waals surface area contributed by atoms with E-state index in [9.17, 15) is 28.8 Å². The molecule has 0 aliphatic rings. The number of ketones is 1. The van der Waals surface area contributed by atoms with Crippen LogP contribution in [0.15, 0.2) is 60.7 Å². The lowest BCUT2D eigenvalue weighted by atomic mass is 10.0. The highest BCUT2D eigenvalue weighted by atomic mass is 35.5. The number of amides is 5. The first kappa shape index (κ1) is 36.9. The molecule has 2 rings (SSSR count). The van der Waals surface area contributed by atoms with Crippen LogP contribution in [0.25, 0.3) is 0 Å². The van der Waals surface area contributed by atoms with Gasteiger partial charge in [-0.25, -0.2) is 0 Å². The molecule has 2 aromatic rings. The predicted octanol–water partition coefficient (Wildman–Crippen LogP) is 1.13. The number of carbonyl (C=O) groups excluding carboxylic acids is 6. The van der Waals surface area contributed by atoms with Crippen LogP contribution in [0, 0.1) is 5.92 Å². The standard InChI is InChI=1S/C32H42ClN5O7/c1-20(2)14-25(37-32(44)27(35-21(3)39)19-45-18-23-12-8-5-9-13-23)30(42)38-26(16-29(34)41)31(43)36-24(28(40)17-33)15-22-10-6-4-7-11-22/h4-13,20,24-27H,14-19H2,1-3H3,(H2,34,41)(H,35,39)(H,36,43)(H,37,44)(H,38,42)/t24-,25-,26-,27-/m0/s1. The van der Waals surface area contributed by atoms with Crippen molar-refractivity contribution in [2.75, 3.05) is 12.5 Å². The van der Waals surface area contributed by atoms with Gasteiger partial charge in [0, 0.05) is 6.92 Å². The van der Waals surface area contributed by atoms with Crippen LogP contribution < -0.4 is 27.0 Å². The Kier molecular flexibility index (Phi) is 15.7. The van der Waals surface area contributed by atoms with Gasteiger partial charge in [-0.15, -0.1) is 11.6 Å². The third-order valence-corrected chi connectivity index (χ3v) is 6.85. The van der Waals surface area contributed by atoms with E-state index < -0.39 is 65.9 Å². The summed E-state index contributed by atoms with van der Waals surface area (Å²) in [5.41, 5.74) is 7.01. The van der Waals surface area contributed by atoms with Crippen LogP contribution in [0.5, 0.6) is 0 Å². The molecule has 0 bridgehead atoms. The predicted molar refractivity (Wildman–Crippen MR) is 169 cm³/mol. The molecule has 12 nitrogen and oxygen atoms in total. The van der Waals surface area contributed by atoms with Gasteiger partial charge < -0.3 is 31.7 Å². The van der Waals surface area contributed by atoms with Crippen molar-refractivity contribution < 1.29 is 33.5 Å². The molecule has 4 atom stereocenters. The van der Waals surface area contributed by atoms with Gasteiger partial charge in [0.1, 0.15) is 18.1 Å². The number of rotatable bonds is 19. The van der Waals surface area contributed by atoms with Crippen LogP contribution in [-0.2, 0) is 46.5 Å². The Hall–Kier alpha value is -4.29. The molecule has 244 valence electrons. The minimum atomic E-state index is -1.44. The number of Topliss-reactive ketones (excluding diaryl/α,β-unsaturated/α-hetero) is 1. The molecule has 0 saturated heterocycles. The van der Waals surface area contributed by atoms with Crippen LogP contribution >= 0.6 is 11.6 Å². The van der Waals surface area contributed by atoms with Crippen molar-refractivity contribution in [3.05, 3.63) is 71.8 Å². The first-order valence-electron chi connectivity index (χ1n) is 14.6. The molecule has 0 aliphatic heterocycles. The van der Waals surface area contributed by atoms with Crippen LogP contribution in [0.4, 0.5) is 0 Å². The Morgan fingerprint density at radius 2 is 1.24 bits per heavy atom. The Morgan fingerprint density at radius 1 is 0.733 bits per heavy atom. The van der Waals surface area contributed by atoms with Gasteiger partial charge in [0.05, 0.1) is 31.6 Å². The van der Waals surface area contributed by atoms with Crippen molar-refractivity contribution in [2.45, 2.75) is 70.8 Å². The number of hydrogen-bond donors (Lipinski definition) is 5. The average molecular weight is 644 g/mol. The number of alkyl halides is 1. The van der Waals surface area contributed by atoms with Crippen molar-refractivity contribution >= 4 is 46.9 Å². The van der Waals surface area contributed by atoms with E-state index in [1.54, 1.807) is 30.3 Å². The highest BCUT2D eigenvalue weighted by Crippen LogP contribution is 2.09. The highest BCUT2D eigenvalue weighted by Gasteiger charge is 2.32. The van der Waals surface area contributed by atoms with Crippen molar-refractivity contribution in [1.29, 1.82) is 0 Å². The number of benzene rings is 2. The van der Waals surface area contributed by atoms with Gasteiger partial charge >= 0.3 is 0 Å². The van der Waals surface area contributed by atoms with Gasteiger partial charge in [-0.05, 0) is 29.9 Å². The summed E-state index contributed by atoms with van der Waals surface area (Å²) in [6, 6.07) is 13.5. The van der Waals surface area contributed by atoms with E-state index in [-0.39, 0.29) is 37.9 Å². The summed E-state index contributed by atoms with van der Waals surface area (Å²) >= 11 is 5.78. The van der Waals surface area contributed by atoms with Gasteiger partial charge in [-0.1, -0.05) is 74.5 Å². The Morgan fingerprint density at radius 3 is 1.78 bits per heavy atom. The zero-order valence-electron chi connectivity index (χ0n) is 25.7. The summed E-state index contributed by atoms with van der Waals surface area (Å²) in [6.45, 7) is 4.95. The van der Waals surface area contributed by atoms with Crippen molar-refractivity contribution in [2.24, 2.45) is 11.7 Å². The van der Waals surface area contributed by atoms with Crippen LogP contribution in [0.1, 0.15) is 44.7 Å². The van der Waals surface area contributed by atoms with Gasteiger partial charge in [-0.2, -0.15) is 0 Å². The van der Waals surface area contributed by atoms with Crippen LogP contribution in [0.2, 0.25) is 0 Å². The molecule has 0 saturated carbocycles. The van der Waals surface area contributed by atoms with Crippen LogP contribution in [0.3, 0.4) is 0 Å². The molecule has 0 heterocycles. The normalized spacial score (nSPS) is 13.5. The summed E-state index contributed by atoms with van der Waals surface area (Å²) in [5, 5.41) is 10.2. The third-order valence-electron chi connectivity index (χ3n) is 6.59. The van der Waals surface area contributed by atoms with Crippen molar-refractivity contribution in [1.82, 2.24) is 21.3 Å². The second kappa shape index (κ2) is 19.2. The van der Waals surface area contributed by atoms with Gasteiger partial charge in [0.25, 0.3) is 0 Å². The first-order valence-corrected chi connectivity index (χ1v) is 15.1. The SMILES string of the molecule is CC(=O)N[C@@H](COCc1ccccc1)C(=O)N[C@@H](CC(C)C)C(=O)N[C@@H](CC(N)=O)C(=O)N[C@@H](Cc1ccccc1)C(=O)CCl. The summed E-state index contributed by atoms with van der Waals surface area (Å²) in [5.74, 6) is -4.49. The largest absolute Gasteiger partial charge is 0.374 e. The molecule has 13 heteroatoms. The quantitative estimate of drug-likeness (QED) is 0.142. The maximum Gasteiger partial charge on any atom is 0.245 e. The smallest absolute Gasteiger partial charge is 0.245 e. The summed E-state index contributed by atoms with van der Waals surface area (Å²) in [7, 11) is 0. The lowest BCUT2D eigenvalue weighted by molar-refractivity contribution is -0.136. The first-order chi connectivity index (χ1) is 21.4. The number of ether oxygens (including phenoxy) is 1. The molecule has 0 fully saturated rings. The van der Waals surface area contributed by atoms with Gasteiger partial charge in [-0.3, -0.25) is 28.8 Å². The van der Waals surface area contributed by atoms with E-state index in [1.807, 2.05) is 44.2 Å². The molecule has 0 aromatic heterocycles. The van der Waals surface area contributed by atoms with E-state index in [4.69, 9.17) is 22.1 Å². The maximum atomic E-state index is 13.5. The second-order valence-corrected chi connectivity index (χ2v) is 11.3. The maximum absolute atomic E-state index is 13.5. The van der Waals surface area contributed by atoms with E-state index in [0.717, 1.165) is 11.1 Å². The molecular formula is C32H42ClN5O7. The fraction of sp³-hybridized carbons (Fsp3) is 0.438.